The highest BCUT2D eigenvalue weighted by atomic mass is 19.1. The van der Waals surface area contributed by atoms with Crippen molar-refractivity contribution < 1.29 is 14.3 Å². The first kappa shape index (κ1) is 13.6. The average Bonchev–Trinajstić information content (AvgIpc) is 2.17. The van der Waals surface area contributed by atoms with Gasteiger partial charge < -0.3 is 5.11 Å². The zero-order chi connectivity index (χ0) is 11.8. The lowest BCUT2D eigenvalue weighted by Gasteiger charge is -2.05. The molecule has 0 amide bonds. The molecule has 0 aliphatic carbocycles. The highest BCUT2D eigenvalue weighted by Gasteiger charge is 2.13. The minimum atomic E-state index is -0.944. The molecule has 1 rings (SSSR count). The molecule has 0 saturated carbocycles. The van der Waals surface area contributed by atoms with Crippen molar-refractivity contribution in [2.24, 2.45) is 0 Å². The van der Waals surface area contributed by atoms with Gasteiger partial charge in [-0.15, -0.1) is 0 Å². The Hall–Kier alpha value is -1.38. The zero-order valence-electron chi connectivity index (χ0n) is 9.33. The molecule has 0 saturated heterocycles. The summed E-state index contributed by atoms with van der Waals surface area (Å²) in [5.74, 6) is -2.00. The number of hydrogen-bond acceptors (Lipinski definition) is 1. The van der Waals surface area contributed by atoms with Gasteiger partial charge in [-0.05, 0) is 24.6 Å². The number of carboxylic acids is 1. The lowest BCUT2D eigenvalue weighted by Crippen LogP contribution is -2.07. The molecule has 1 aromatic rings. The van der Waals surface area contributed by atoms with Crippen LogP contribution in [-0.4, -0.2) is 11.1 Å². The minimum Gasteiger partial charge on any atom is -0.481 e. The summed E-state index contributed by atoms with van der Waals surface area (Å²) in [5.41, 5.74) is 0.488. The summed E-state index contributed by atoms with van der Waals surface area (Å²) >= 11 is 0. The third-order valence-electron chi connectivity index (χ3n) is 1.72. The van der Waals surface area contributed by atoms with Crippen LogP contribution < -0.4 is 0 Å². The molecule has 0 spiro atoms. The van der Waals surface area contributed by atoms with E-state index in [9.17, 15) is 9.18 Å². The van der Waals surface area contributed by atoms with Gasteiger partial charge >= 0.3 is 5.97 Å². The van der Waals surface area contributed by atoms with E-state index in [4.69, 9.17) is 5.11 Å². The summed E-state index contributed by atoms with van der Waals surface area (Å²) in [7, 11) is 0. The van der Waals surface area contributed by atoms with Gasteiger partial charge in [-0.2, -0.15) is 0 Å². The average molecular weight is 212 g/mol. The van der Waals surface area contributed by atoms with Gasteiger partial charge in [-0.25, -0.2) is 4.39 Å². The monoisotopic (exact) mass is 212 g/mol. The van der Waals surface area contributed by atoms with Crippen molar-refractivity contribution in [3.8, 4) is 0 Å². The topological polar surface area (TPSA) is 37.3 Å². The predicted molar refractivity (Wildman–Crippen MR) is 58.4 cm³/mol. The smallest absolute Gasteiger partial charge is 0.310 e. The van der Waals surface area contributed by atoms with Gasteiger partial charge in [0.25, 0.3) is 0 Å². The lowest BCUT2D eigenvalue weighted by atomic mass is 10.0. The fraction of sp³-hybridized carbons (Fsp3) is 0.417. The van der Waals surface area contributed by atoms with Crippen molar-refractivity contribution in [1.82, 2.24) is 0 Å². The lowest BCUT2D eigenvalue weighted by molar-refractivity contribution is -0.138. The van der Waals surface area contributed by atoms with Crippen LogP contribution in [0.5, 0.6) is 0 Å². The normalized spacial score (nSPS) is 11.2. The van der Waals surface area contributed by atoms with Gasteiger partial charge in [0.1, 0.15) is 5.82 Å². The van der Waals surface area contributed by atoms with Gasteiger partial charge in [0.2, 0.25) is 0 Å². The molecule has 0 aliphatic heterocycles. The molecule has 2 nitrogen and oxygen atoms in total. The molecule has 0 aromatic heterocycles. The van der Waals surface area contributed by atoms with E-state index >= 15 is 0 Å². The second-order valence-corrected chi connectivity index (χ2v) is 3.32. The molecular formula is C12H17FO2. The summed E-state index contributed by atoms with van der Waals surface area (Å²) in [6.45, 7) is 5.77. The van der Waals surface area contributed by atoms with Crippen LogP contribution in [0.2, 0.25) is 0 Å². The fourth-order valence-electron chi connectivity index (χ4n) is 0.919. The third-order valence-corrected chi connectivity index (χ3v) is 1.72. The highest BCUT2D eigenvalue weighted by molar-refractivity contribution is 5.75. The van der Waals surface area contributed by atoms with Crippen molar-refractivity contribution in [1.29, 1.82) is 0 Å². The van der Waals surface area contributed by atoms with E-state index in [0.29, 0.717) is 5.56 Å². The van der Waals surface area contributed by atoms with Crippen molar-refractivity contribution in [3.05, 3.63) is 35.6 Å². The van der Waals surface area contributed by atoms with Crippen molar-refractivity contribution in [3.63, 3.8) is 0 Å². The Labute approximate surface area is 89.7 Å². The Balaban J connectivity index is 0.000000583. The van der Waals surface area contributed by atoms with Crippen molar-refractivity contribution in [2.75, 3.05) is 0 Å². The maximum atomic E-state index is 12.6. The van der Waals surface area contributed by atoms with Crippen LogP contribution >= 0.6 is 0 Å². The Morgan fingerprint density at radius 2 is 2.00 bits per heavy atom. The molecule has 0 heterocycles. The molecule has 0 aliphatic rings. The number of aliphatic carboxylic acids is 1. The van der Waals surface area contributed by atoms with E-state index in [1.807, 2.05) is 0 Å². The Bertz CT molecular complexity index is 310. The quantitative estimate of drug-likeness (QED) is 0.815. The van der Waals surface area contributed by atoms with Gasteiger partial charge in [-0.1, -0.05) is 32.4 Å². The summed E-state index contributed by atoms with van der Waals surface area (Å²) in [6, 6.07) is 5.63. The van der Waals surface area contributed by atoms with E-state index < -0.39 is 17.7 Å². The summed E-state index contributed by atoms with van der Waals surface area (Å²) in [6.07, 6.45) is 1.25. The molecule has 1 aromatic carbocycles. The first-order valence-electron chi connectivity index (χ1n) is 5.01. The summed E-state index contributed by atoms with van der Waals surface area (Å²) in [5, 5.41) is 8.60. The number of halogens is 1. The molecule has 1 atom stereocenters. The molecule has 1 unspecified atom stereocenters. The van der Waals surface area contributed by atoms with Crippen molar-refractivity contribution >= 4 is 5.97 Å². The number of hydrogen-bond donors (Lipinski definition) is 1. The van der Waals surface area contributed by atoms with Gasteiger partial charge in [0.05, 0.1) is 5.92 Å². The molecule has 84 valence electrons. The van der Waals surface area contributed by atoms with E-state index in [0.717, 1.165) is 0 Å². The van der Waals surface area contributed by atoms with Crippen LogP contribution in [0.3, 0.4) is 0 Å². The molecule has 1 N–H and O–H groups in total. The molecule has 0 fully saturated rings. The first-order valence-corrected chi connectivity index (χ1v) is 5.01. The second kappa shape index (κ2) is 6.98. The minimum absolute atomic E-state index is 0.402. The van der Waals surface area contributed by atoms with E-state index in [1.165, 1.54) is 31.5 Å². The Kier molecular flexibility index (Phi) is 6.34. The van der Waals surface area contributed by atoms with E-state index in [2.05, 4.69) is 13.8 Å². The predicted octanol–water partition coefficient (Wildman–Crippen LogP) is 3.43. The SMILES string of the molecule is CC(C(=O)O)c1cccc(F)c1.CCC. The fourth-order valence-corrected chi connectivity index (χ4v) is 0.919. The van der Waals surface area contributed by atoms with Crippen LogP contribution in [0.1, 0.15) is 38.7 Å². The van der Waals surface area contributed by atoms with Crippen molar-refractivity contribution in [2.45, 2.75) is 33.1 Å². The maximum Gasteiger partial charge on any atom is 0.310 e. The van der Waals surface area contributed by atoms with Gasteiger partial charge in [-0.3, -0.25) is 4.79 Å². The highest BCUT2D eigenvalue weighted by Crippen LogP contribution is 2.15. The van der Waals surface area contributed by atoms with Gasteiger partial charge in [0.15, 0.2) is 0 Å². The zero-order valence-corrected chi connectivity index (χ0v) is 9.33. The Morgan fingerprint density at radius 3 is 2.40 bits per heavy atom. The van der Waals surface area contributed by atoms with E-state index in [1.54, 1.807) is 6.07 Å². The second-order valence-electron chi connectivity index (χ2n) is 3.32. The van der Waals surface area contributed by atoms with Crippen LogP contribution in [0.25, 0.3) is 0 Å². The maximum absolute atomic E-state index is 12.6. The number of carbonyl (C=O) groups is 1. The third kappa shape index (κ3) is 5.15. The molecule has 3 heteroatoms. The van der Waals surface area contributed by atoms with E-state index in [-0.39, 0.29) is 0 Å². The van der Waals surface area contributed by atoms with Crippen LogP contribution in [-0.2, 0) is 4.79 Å². The number of benzene rings is 1. The van der Waals surface area contributed by atoms with Gasteiger partial charge in [0, 0.05) is 0 Å². The summed E-state index contributed by atoms with van der Waals surface area (Å²) in [4.78, 5) is 10.5. The number of carboxylic acid groups (broad SMARTS) is 1. The standard InChI is InChI=1S/C9H9FO2.C3H8/c1-6(9(11)12)7-3-2-4-8(10)5-7;1-3-2/h2-6H,1H3,(H,11,12);3H2,1-2H3. The molecule has 0 bridgehead atoms. The molecule has 0 radical (unpaired) electrons. The molecular weight excluding hydrogens is 195 g/mol. The summed E-state index contributed by atoms with van der Waals surface area (Å²) < 4.78 is 12.6. The first-order chi connectivity index (χ1) is 7.02. The largest absolute Gasteiger partial charge is 0.481 e. The van der Waals surface area contributed by atoms with Crippen LogP contribution in [0.15, 0.2) is 24.3 Å². The van der Waals surface area contributed by atoms with Crippen LogP contribution in [0, 0.1) is 5.82 Å². The number of rotatable bonds is 2. The van der Waals surface area contributed by atoms with Crippen LogP contribution in [0.4, 0.5) is 4.39 Å². The molecule has 15 heavy (non-hydrogen) atoms. The Morgan fingerprint density at radius 1 is 1.47 bits per heavy atom.